The summed E-state index contributed by atoms with van der Waals surface area (Å²) in [6.07, 6.45) is 1.53. The van der Waals surface area contributed by atoms with Crippen LogP contribution in [0.25, 0.3) is 10.8 Å². The molecule has 0 aliphatic rings. The van der Waals surface area contributed by atoms with Crippen molar-refractivity contribution in [1.82, 2.24) is 0 Å². The second kappa shape index (κ2) is 9.08. The molecule has 0 spiro atoms. The molecular formula is C26H22N2O3S. The summed E-state index contributed by atoms with van der Waals surface area (Å²) >= 11 is 0. The van der Waals surface area contributed by atoms with Crippen molar-refractivity contribution in [3.63, 3.8) is 0 Å². The van der Waals surface area contributed by atoms with Crippen LogP contribution in [0.4, 0.5) is 11.4 Å². The van der Waals surface area contributed by atoms with Gasteiger partial charge in [-0.3, -0.25) is 9.10 Å². The topological polar surface area (TPSA) is 66.5 Å². The van der Waals surface area contributed by atoms with E-state index in [9.17, 15) is 13.2 Å². The first-order valence-corrected chi connectivity index (χ1v) is 11.5. The summed E-state index contributed by atoms with van der Waals surface area (Å²) in [5.74, 6) is -0.381. The Morgan fingerprint density at radius 3 is 2.34 bits per heavy atom. The first kappa shape index (κ1) is 21.3. The van der Waals surface area contributed by atoms with Gasteiger partial charge in [0.1, 0.15) is 0 Å². The Morgan fingerprint density at radius 1 is 0.875 bits per heavy atom. The van der Waals surface area contributed by atoms with Crippen molar-refractivity contribution >= 4 is 38.1 Å². The molecule has 4 rings (SSSR count). The Morgan fingerprint density at radius 2 is 1.56 bits per heavy atom. The third kappa shape index (κ3) is 4.26. The van der Waals surface area contributed by atoms with Gasteiger partial charge in [-0.15, -0.1) is 6.58 Å². The van der Waals surface area contributed by atoms with Gasteiger partial charge in [-0.2, -0.15) is 0 Å². The van der Waals surface area contributed by atoms with Gasteiger partial charge in [0, 0.05) is 16.6 Å². The Labute approximate surface area is 187 Å². The summed E-state index contributed by atoms with van der Waals surface area (Å²) in [4.78, 5) is 13.0. The Balaban J connectivity index is 1.66. The molecular weight excluding hydrogens is 420 g/mol. The molecule has 0 radical (unpaired) electrons. The first-order chi connectivity index (χ1) is 15.5. The normalized spacial score (nSPS) is 11.1. The fourth-order valence-corrected chi connectivity index (χ4v) is 4.99. The molecule has 32 heavy (non-hydrogen) atoms. The number of sulfonamides is 1. The molecule has 5 nitrogen and oxygen atoms in total. The third-order valence-electron chi connectivity index (χ3n) is 5.06. The Kier molecular flexibility index (Phi) is 6.05. The average Bonchev–Trinajstić information content (AvgIpc) is 2.83. The van der Waals surface area contributed by atoms with Gasteiger partial charge >= 0.3 is 0 Å². The largest absolute Gasteiger partial charge is 0.321 e. The van der Waals surface area contributed by atoms with E-state index in [1.807, 2.05) is 48.5 Å². The molecule has 0 saturated carbocycles. The van der Waals surface area contributed by atoms with Crippen LogP contribution in [0.3, 0.4) is 0 Å². The number of carbonyl (C=O) groups excluding carboxylic acids is 1. The Hall–Kier alpha value is -3.90. The number of anilines is 2. The molecule has 160 valence electrons. The molecule has 0 bridgehead atoms. The fourth-order valence-electron chi connectivity index (χ4n) is 3.51. The average molecular weight is 443 g/mol. The van der Waals surface area contributed by atoms with Crippen LogP contribution in [-0.2, 0) is 10.0 Å². The van der Waals surface area contributed by atoms with E-state index < -0.39 is 10.0 Å². The van der Waals surface area contributed by atoms with E-state index in [-0.39, 0.29) is 22.9 Å². The zero-order valence-corrected chi connectivity index (χ0v) is 18.1. The number of rotatable bonds is 7. The van der Waals surface area contributed by atoms with Crippen LogP contribution in [0.5, 0.6) is 0 Å². The molecule has 4 aromatic rings. The van der Waals surface area contributed by atoms with Crippen LogP contribution in [0.1, 0.15) is 10.4 Å². The maximum absolute atomic E-state index is 13.4. The van der Waals surface area contributed by atoms with Crippen molar-refractivity contribution in [1.29, 1.82) is 0 Å². The van der Waals surface area contributed by atoms with Crippen molar-refractivity contribution in [2.24, 2.45) is 0 Å². The van der Waals surface area contributed by atoms with Gasteiger partial charge in [-0.1, -0.05) is 66.7 Å². The summed E-state index contributed by atoms with van der Waals surface area (Å²) in [6, 6.07) is 28.3. The smallest absolute Gasteiger partial charge is 0.264 e. The summed E-state index contributed by atoms with van der Waals surface area (Å²) in [5, 5.41) is 4.82. The summed E-state index contributed by atoms with van der Waals surface area (Å²) in [6.45, 7) is 3.79. The number of amides is 1. The van der Waals surface area contributed by atoms with E-state index >= 15 is 0 Å². The molecule has 0 fully saturated rings. The van der Waals surface area contributed by atoms with Crippen molar-refractivity contribution in [2.75, 3.05) is 16.2 Å². The fraction of sp³-hybridized carbons (Fsp3) is 0.0385. The van der Waals surface area contributed by atoms with Crippen LogP contribution in [0.2, 0.25) is 0 Å². The standard InChI is InChI=1S/C26H22N2O3S/c1-2-18-28(22-13-4-3-5-14-22)32(30,31)23-15-8-12-21(19-23)26(29)27-25-17-9-11-20-10-6-7-16-24(20)25/h2-17,19H,1,18H2,(H,27,29). The lowest BCUT2D eigenvalue weighted by Gasteiger charge is -2.23. The SMILES string of the molecule is C=CCN(c1ccccc1)S(=O)(=O)c1cccc(C(=O)Nc2cccc3ccccc23)c1. The molecule has 0 unspecified atom stereocenters. The van der Waals surface area contributed by atoms with E-state index in [1.54, 1.807) is 36.4 Å². The molecule has 4 aromatic carbocycles. The summed E-state index contributed by atoms with van der Waals surface area (Å²) in [5.41, 5.74) is 1.45. The number of nitrogens with zero attached hydrogens (tertiary/aromatic N) is 1. The van der Waals surface area contributed by atoms with Gasteiger partial charge in [-0.25, -0.2) is 8.42 Å². The zero-order valence-electron chi connectivity index (χ0n) is 17.3. The highest BCUT2D eigenvalue weighted by Crippen LogP contribution is 2.26. The van der Waals surface area contributed by atoms with Crippen molar-refractivity contribution < 1.29 is 13.2 Å². The summed E-state index contributed by atoms with van der Waals surface area (Å²) < 4.78 is 28.0. The minimum absolute atomic E-state index is 0.0359. The molecule has 0 heterocycles. The lowest BCUT2D eigenvalue weighted by Crippen LogP contribution is -2.31. The summed E-state index contributed by atoms with van der Waals surface area (Å²) in [7, 11) is -3.90. The van der Waals surface area contributed by atoms with Crippen molar-refractivity contribution in [2.45, 2.75) is 4.90 Å². The predicted octanol–water partition coefficient (Wildman–Crippen LogP) is 5.47. The minimum atomic E-state index is -3.90. The number of hydrogen-bond acceptors (Lipinski definition) is 3. The maximum atomic E-state index is 13.4. The number of nitrogens with one attached hydrogen (secondary N) is 1. The van der Waals surface area contributed by atoms with Gasteiger partial charge in [0.05, 0.1) is 17.1 Å². The number of hydrogen-bond donors (Lipinski definition) is 1. The van der Waals surface area contributed by atoms with Gasteiger partial charge < -0.3 is 5.32 Å². The number of fused-ring (bicyclic) bond motifs is 1. The quantitative estimate of drug-likeness (QED) is 0.386. The highest BCUT2D eigenvalue weighted by atomic mass is 32.2. The Bertz CT molecular complexity index is 1380. The maximum Gasteiger partial charge on any atom is 0.264 e. The molecule has 0 aliphatic heterocycles. The molecule has 1 N–H and O–H groups in total. The minimum Gasteiger partial charge on any atom is -0.321 e. The molecule has 6 heteroatoms. The van der Waals surface area contributed by atoms with E-state index in [2.05, 4.69) is 11.9 Å². The second-order valence-electron chi connectivity index (χ2n) is 7.17. The molecule has 0 aliphatic carbocycles. The molecule has 0 saturated heterocycles. The number of carbonyl (C=O) groups is 1. The van der Waals surface area contributed by atoms with Crippen LogP contribution in [0.15, 0.2) is 115 Å². The van der Waals surface area contributed by atoms with Crippen LogP contribution in [-0.4, -0.2) is 20.9 Å². The van der Waals surface area contributed by atoms with Gasteiger partial charge in [0.25, 0.3) is 15.9 Å². The highest BCUT2D eigenvalue weighted by molar-refractivity contribution is 7.92. The van der Waals surface area contributed by atoms with Crippen molar-refractivity contribution in [3.05, 3.63) is 115 Å². The lowest BCUT2D eigenvalue weighted by atomic mass is 10.1. The van der Waals surface area contributed by atoms with Crippen LogP contribution < -0.4 is 9.62 Å². The predicted molar refractivity (Wildman–Crippen MR) is 130 cm³/mol. The number of para-hydroxylation sites is 1. The first-order valence-electron chi connectivity index (χ1n) is 10.1. The highest BCUT2D eigenvalue weighted by Gasteiger charge is 2.25. The van der Waals surface area contributed by atoms with Gasteiger partial charge in [0.2, 0.25) is 0 Å². The number of benzene rings is 4. The van der Waals surface area contributed by atoms with E-state index in [0.717, 1.165) is 10.8 Å². The zero-order chi connectivity index (χ0) is 22.6. The molecule has 0 atom stereocenters. The van der Waals surface area contributed by atoms with E-state index in [4.69, 9.17) is 0 Å². The third-order valence-corrected chi connectivity index (χ3v) is 6.85. The van der Waals surface area contributed by atoms with E-state index in [0.29, 0.717) is 11.4 Å². The molecule has 1 amide bonds. The lowest BCUT2D eigenvalue weighted by molar-refractivity contribution is 0.102. The molecule has 0 aromatic heterocycles. The second-order valence-corrected chi connectivity index (χ2v) is 9.03. The van der Waals surface area contributed by atoms with Gasteiger partial charge in [-0.05, 0) is 41.8 Å². The van der Waals surface area contributed by atoms with E-state index in [1.165, 1.54) is 22.5 Å². The van der Waals surface area contributed by atoms with Crippen LogP contribution in [0, 0.1) is 0 Å². The van der Waals surface area contributed by atoms with Gasteiger partial charge in [0.15, 0.2) is 0 Å². The van der Waals surface area contributed by atoms with Crippen LogP contribution >= 0.6 is 0 Å². The van der Waals surface area contributed by atoms with Crippen molar-refractivity contribution in [3.8, 4) is 0 Å². The monoisotopic (exact) mass is 442 g/mol.